The van der Waals surface area contributed by atoms with Gasteiger partial charge in [-0.2, -0.15) is 0 Å². The van der Waals surface area contributed by atoms with Gasteiger partial charge in [0.15, 0.2) is 0 Å². The first kappa shape index (κ1) is 16.3. The monoisotopic (exact) mass is 317 g/mol. The molecule has 5 heteroatoms. The van der Waals surface area contributed by atoms with Gasteiger partial charge in [-0.05, 0) is 23.8 Å². The molecule has 1 amide bonds. The van der Waals surface area contributed by atoms with Gasteiger partial charge in [-0.15, -0.1) is 0 Å². The van der Waals surface area contributed by atoms with E-state index in [9.17, 15) is 4.79 Å². The standard InChI is InChI=1S/C17H20ClN3O/c1-17(2,3)16(22)21-15-9-8-13(11-20-15)19-10-12-6-4-5-7-14(12)18/h4-9,11,19H,10H2,1-3H3,(H,20,21,22). The molecule has 0 atom stereocenters. The molecule has 2 N–H and O–H groups in total. The lowest BCUT2D eigenvalue weighted by atomic mass is 9.96. The molecule has 1 aromatic heterocycles. The number of nitrogens with zero attached hydrogens (tertiary/aromatic N) is 1. The molecule has 2 rings (SSSR count). The van der Waals surface area contributed by atoms with Crippen LogP contribution in [0.5, 0.6) is 0 Å². The van der Waals surface area contributed by atoms with Crippen LogP contribution in [0.1, 0.15) is 26.3 Å². The van der Waals surface area contributed by atoms with Crippen molar-refractivity contribution in [1.29, 1.82) is 0 Å². The van der Waals surface area contributed by atoms with Crippen molar-refractivity contribution >= 4 is 29.0 Å². The summed E-state index contributed by atoms with van der Waals surface area (Å²) in [6, 6.07) is 11.3. The Balaban J connectivity index is 1.95. The molecule has 0 unspecified atom stereocenters. The van der Waals surface area contributed by atoms with Crippen molar-refractivity contribution < 1.29 is 4.79 Å². The van der Waals surface area contributed by atoms with E-state index in [2.05, 4.69) is 15.6 Å². The summed E-state index contributed by atoms with van der Waals surface area (Å²) in [6.07, 6.45) is 1.69. The average molecular weight is 318 g/mol. The van der Waals surface area contributed by atoms with Crippen LogP contribution >= 0.6 is 11.6 Å². The third-order valence-corrected chi connectivity index (χ3v) is 3.50. The molecule has 116 valence electrons. The first-order valence-electron chi connectivity index (χ1n) is 7.11. The minimum Gasteiger partial charge on any atom is -0.380 e. The maximum atomic E-state index is 11.9. The zero-order valence-corrected chi connectivity index (χ0v) is 13.7. The molecule has 2 aromatic rings. The third-order valence-electron chi connectivity index (χ3n) is 3.13. The number of benzene rings is 1. The summed E-state index contributed by atoms with van der Waals surface area (Å²) in [4.78, 5) is 16.1. The number of halogens is 1. The summed E-state index contributed by atoms with van der Waals surface area (Å²) in [5, 5.41) is 6.78. The van der Waals surface area contributed by atoms with Crippen molar-refractivity contribution in [2.75, 3.05) is 10.6 Å². The predicted octanol–water partition coefficient (Wildman–Crippen LogP) is 4.33. The number of pyridine rings is 1. The number of hydrogen-bond donors (Lipinski definition) is 2. The van der Waals surface area contributed by atoms with Crippen LogP contribution in [0, 0.1) is 5.41 Å². The maximum Gasteiger partial charge on any atom is 0.230 e. The van der Waals surface area contributed by atoms with Crippen LogP contribution in [-0.2, 0) is 11.3 Å². The van der Waals surface area contributed by atoms with Gasteiger partial charge in [-0.3, -0.25) is 4.79 Å². The summed E-state index contributed by atoms with van der Waals surface area (Å²) in [7, 11) is 0. The van der Waals surface area contributed by atoms with Crippen molar-refractivity contribution in [2.24, 2.45) is 5.41 Å². The number of anilines is 2. The van der Waals surface area contributed by atoms with E-state index in [1.807, 2.05) is 51.1 Å². The van der Waals surface area contributed by atoms with E-state index >= 15 is 0 Å². The topological polar surface area (TPSA) is 54.0 Å². The largest absolute Gasteiger partial charge is 0.380 e. The van der Waals surface area contributed by atoms with Crippen molar-refractivity contribution in [3.05, 3.63) is 53.2 Å². The van der Waals surface area contributed by atoms with E-state index in [1.165, 1.54) is 0 Å². The summed E-state index contributed by atoms with van der Waals surface area (Å²) in [5.74, 6) is 0.486. The fourth-order valence-corrected chi connectivity index (χ4v) is 1.92. The highest BCUT2D eigenvalue weighted by Crippen LogP contribution is 2.19. The second-order valence-electron chi connectivity index (χ2n) is 6.08. The molecule has 0 aliphatic rings. The van der Waals surface area contributed by atoms with Gasteiger partial charge in [0.25, 0.3) is 0 Å². The Labute approximate surface area is 135 Å². The van der Waals surface area contributed by atoms with Crippen LogP contribution in [0.2, 0.25) is 5.02 Å². The number of carbonyl (C=O) groups is 1. The number of rotatable bonds is 4. The Bertz CT molecular complexity index is 648. The van der Waals surface area contributed by atoms with Gasteiger partial charge >= 0.3 is 0 Å². The molecule has 0 spiro atoms. The molecule has 22 heavy (non-hydrogen) atoms. The average Bonchev–Trinajstić information content (AvgIpc) is 2.47. The fourth-order valence-electron chi connectivity index (χ4n) is 1.72. The highest BCUT2D eigenvalue weighted by molar-refractivity contribution is 6.31. The first-order valence-corrected chi connectivity index (χ1v) is 7.49. The van der Waals surface area contributed by atoms with Crippen LogP contribution in [0.25, 0.3) is 0 Å². The van der Waals surface area contributed by atoms with Crippen LogP contribution < -0.4 is 10.6 Å². The van der Waals surface area contributed by atoms with E-state index in [1.54, 1.807) is 12.3 Å². The SMILES string of the molecule is CC(C)(C)C(=O)Nc1ccc(NCc2ccccc2Cl)cn1. The van der Waals surface area contributed by atoms with Crippen molar-refractivity contribution in [2.45, 2.75) is 27.3 Å². The molecule has 0 radical (unpaired) electrons. The quantitative estimate of drug-likeness (QED) is 0.882. The molecule has 0 aliphatic carbocycles. The highest BCUT2D eigenvalue weighted by Gasteiger charge is 2.21. The van der Waals surface area contributed by atoms with Gasteiger partial charge in [0.1, 0.15) is 5.82 Å². The summed E-state index contributed by atoms with van der Waals surface area (Å²) < 4.78 is 0. The fraction of sp³-hybridized carbons (Fsp3) is 0.294. The summed E-state index contributed by atoms with van der Waals surface area (Å²) in [5.41, 5.74) is 1.45. The van der Waals surface area contributed by atoms with Crippen molar-refractivity contribution in [3.8, 4) is 0 Å². The first-order chi connectivity index (χ1) is 10.4. The zero-order chi connectivity index (χ0) is 16.2. The van der Waals surface area contributed by atoms with E-state index in [-0.39, 0.29) is 5.91 Å². The lowest BCUT2D eigenvalue weighted by Gasteiger charge is -2.17. The maximum absolute atomic E-state index is 11.9. The van der Waals surface area contributed by atoms with Crippen molar-refractivity contribution in [3.63, 3.8) is 0 Å². The Morgan fingerprint density at radius 1 is 1.18 bits per heavy atom. The Morgan fingerprint density at radius 3 is 2.50 bits per heavy atom. The molecule has 0 aliphatic heterocycles. The highest BCUT2D eigenvalue weighted by atomic mass is 35.5. The summed E-state index contributed by atoms with van der Waals surface area (Å²) in [6.45, 7) is 6.21. The smallest absolute Gasteiger partial charge is 0.230 e. The van der Waals surface area contributed by atoms with Gasteiger partial charge in [-0.25, -0.2) is 4.98 Å². The number of hydrogen-bond acceptors (Lipinski definition) is 3. The Morgan fingerprint density at radius 2 is 1.91 bits per heavy atom. The molecular weight excluding hydrogens is 298 g/mol. The van der Waals surface area contributed by atoms with Crippen molar-refractivity contribution in [1.82, 2.24) is 4.98 Å². The lowest BCUT2D eigenvalue weighted by molar-refractivity contribution is -0.123. The predicted molar refractivity (Wildman–Crippen MR) is 91.1 cm³/mol. The number of carbonyl (C=O) groups excluding carboxylic acids is 1. The van der Waals surface area contributed by atoms with Crippen LogP contribution in [0.3, 0.4) is 0 Å². The molecule has 1 aromatic carbocycles. The molecular formula is C17H20ClN3O. The number of amides is 1. The van der Waals surface area contributed by atoms with Gasteiger partial charge < -0.3 is 10.6 Å². The van der Waals surface area contributed by atoms with Gasteiger partial charge in [-0.1, -0.05) is 50.6 Å². The number of nitrogens with one attached hydrogen (secondary N) is 2. The Kier molecular flexibility index (Phi) is 5.03. The molecule has 4 nitrogen and oxygen atoms in total. The molecule has 0 saturated carbocycles. The van der Waals surface area contributed by atoms with E-state index in [0.717, 1.165) is 16.3 Å². The molecule has 0 fully saturated rings. The van der Waals surface area contributed by atoms with Crippen LogP contribution in [-0.4, -0.2) is 10.9 Å². The third kappa shape index (κ3) is 4.46. The van der Waals surface area contributed by atoms with Crippen LogP contribution in [0.4, 0.5) is 11.5 Å². The van der Waals surface area contributed by atoms with E-state index in [0.29, 0.717) is 12.4 Å². The molecule has 1 heterocycles. The summed E-state index contributed by atoms with van der Waals surface area (Å²) >= 11 is 6.11. The van der Waals surface area contributed by atoms with Gasteiger partial charge in [0, 0.05) is 17.0 Å². The van der Waals surface area contributed by atoms with Gasteiger partial charge in [0.2, 0.25) is 5.91 Å². The van der Waals surface area contributed by atoms with E-state index in [4.69, 9.17) is 11.6 Å². The normalized spacial score (nSPS) is 11.1. The molecule has 0 bridgehead atoms. The second-order valence-corrected chi connectivity index (χ2v) is 6.49. The second kappa shape index (κ2) is 6.79. The minimum absolute atomic E-state index is 0.0585. The lowest BCUT2D eigenvalue weighted by Crippen LogP contribution is -2.27. The molecule has 0 saturated heterocycles. The van der Waals surface area contributed by atoms with Gasteiger partial charge in [0.05, 0.1) is 11.9 Å². The minimum atomic E-state index is -0.442. The number of aromatic nitrogens is 1. The Hall–Kier alpha value is -2.07. The zero-order valence-electron chi connectivity index (χ0n) is 13.0. The van der Waals surface area contributed by atoms with E-state index < -0.39 is 5.41 Å². The van der Waals surface area contributed by atoms with Crippen LogP contribution in [0.15, 0.2) is 42.6 Å².